The van der Waals surface area contributed by atoms with Crippen LogP contribution in [0.25, 0.3) is 0 Å². The van der Waals surface area contributed by atoms with Gasteiger partial charge in [0.25, 0.3) is 5.91 Å². The second-order valence-electron chi connectivity index (χ2n) is 7.23. The maximum atomic E-state index is 12.6. The van der Waals surface area contributed by atoms with Gasteiger partial charge in [-0.1, -0.05) is 6.07 Å². The average Bonchev–Trinajstić information content (AvgIpc) is 3.19. The molecule has 0 radical (unpaired) electrons. The maximum absolute atomic E-state index is 12.6. The van der Waals surface area contributed by atoms with Crippen LogP contribution in [-0.2, 0) is 20.1 Å². The van der Waals surface area contributed by atoms with Crippen LogP contribution in [0.2, 0.25) is 0 Å². The minimum Gasteiger partial charge on any atom is -0.348 e. The lowest BCUT2D eigenvalue weighted by Crippen LogP contribution is -2.32. The lowest BCUT2D eigenvalue weighted by Gasteiger charge is -2.17. The van der Waals surface area contributed by atoms with Gasteiger partial charge in [0.15, 0.2) is 5.69 Å². The number of nitrogens with zero attached hydrogens (tertiary/aromatic N) is 3. The third-order valence-corrected chi connectivity index (χ3v) is 5.14. The van der Waals surface area contributed by atoms with Crippen molar-refractivity contribution in [1.29, 1.82) is 0 Å². The van der Waals surface area contributed by atoms with Crippen molar-refractivity contribution in [2.45, 2.75) is 45.8 Å². The fourth-order valence-electron chi connectivity index (χ4n) is 3.22. The smallest absolute Gasteiger partial charge is 0.322 e. The molecule has 0 atom stereocenters. The summed E-state index contributed by atoms with van der Waals surface area (Å²) in [5.41, 5.74) is 5.31. The van der Waals surface area contributed by atoms with Crippen molar-refractivity contribution < 1.29 is 9.59 Å². The van der Waals surface area contributed by atoms with E-state index in [4.69, 9.17) is 0 Å². The molecule has 2 aromatic rings. The van der Waals surface area contributed by atoms with Gasteiger partial charge in [0.1, 0.15) is 0 Å². The highest BCUT2D eigenvalue weighted by molar-refractivity contribution is 5.95. The molecule has 7 heteroatoms. The first-order chi connectivity index (χ1) is 12.4. The molecule has 1 saturated carbocycles. The molecular weight excluding hydrogens is 330 g/mol. The van der Waals surface area contributed by atoms with Crippen molar-refractivity contribution >= 4 is 17.6 Å². The predicted molar refractivity (Wildman–Crippen MR) is 97.9 cm³/mol. The first-order valence-electron chi connectivity index (χ1n) is 8.91. The fourth-order valence-corrected chi connectivity index (χ4v) is 3.22. The van der Waals surface area contributed by atoms with Crippen LogP contribution in [0.3, 0.4) is 0 Å². The van der Waals surface area contributed by atoms with Gasteiger partial charge >= 0.3 is 6.03 Å². The van der Waals surface area contributed by atoms with Crippen molar-refractivity contribution in [3.8, 4) is 0 Å². The third-order valence-electron chi connectivity index (χ3n) is 5.14. The van der Waals surface area contributed by atoms with E-state index in [-0.39, 0.29) is 18.0 Å². The van der Waals surface area contributed by atoms with E-state index in [0.29, 0.717) is 18.8 Å². The molecule has 4 rings (SSSR count). The summed E-state index contributed by atoms with van der Waals surface area (Å²) in [5, 5.41) is 10.3. The zero-order chi connectivity index (χ0) is 18.4. The number of anilines is 1. The zero-order valence-electron chi connectivity index (χ0n) is 15.3. The Bertz CT molecular complexity index is 898. The van der Waals surface area contributed by atoms with E-state index in [1.54, 1.807) is 9.58 Å². The summed E-state index contributed by atoms with van der Waals surface area (Å²) in [4.78, 5) is 26.7. The van der Waals surface area contributed by atoms with Crippen LogP contribution in [-0.4, -0.2) is 32.7 Å². The van der Waals surface area contributed by atoms with E-state index in [9.17, 15) is 9.59 Å². The van der Waals surface area contributed by atoms with Crippen molar-refractivity contribution in [1.82, 2.24) is 20.0 Å². The molecule has 0 spiro atoms. The second kappa shape index (κ2) is 6.16. The van der Waals surface area contributed by atoms with Gasteiger partial charge in [0.05, 0.1) is 18.8 Å². The van der Waals surface area contributed by atoms with Crippen molar-refractivity contribution in [2.24, 2.45) is 7.05 Å². The Labute approximate surface area is 152 Å². The van der Waals surface area contributed by atoms with Gasteiger partial charge in [-0.3, -0.25) is 9.48 Å². The van der Waals surface area contributed by atoms with Gasteiger partial charge in [0, 0.05) is 24.3 Å². The average molecular weight is 353 g/mol. The number of amides is 3. The van der Waals surface area contributed by atoms with E-state index in [2.05, 4.69) is 15.7 Å². The second-order valence-corrected chi connectivity index (χ2v) is 7.23. The highest BCUT2D eigenvalue weighted by Gasteiger charge is 2.33. The Morgan fingerprint density at radius 1 is 1.15 bits per heavy atom. The van der Waals surface area contributed by atoms with Crippen LogP contribution in [0.4, 0.5) is 10.5 Å². The summed E-state index contributed by atoms with van der Waals surface area (Å²) in [6.07, 6.45) is 2.07. The minimum atomic E-state index is -0.169. The lowest BCUT2D eigenvalue weighted by molar-refractivity contribution is 0.0943. The Morgan fingerprint density at radius 3 is 2.62 bits per heavy atom. The van der Waals surface area contributed by atoms with Crippen LogP contribution in [0, 0.1) is 13.8 Å². The van der Waals surface area contributed by atoms with Gasteiger partial charge < -0.3 is 15.5 Å². The molecule has 2 N–H and O–H groups in total. The van der Waals surface area contributed by atoms with Gasteiger partial charge in [-0.25, -0.2) is 4.79 Å². The standard InChI is InChI=1S/C19H23N5O2/c1-11-4-5-14(8-12(11)2)21-19(26)24-9-15-16(10-24)23(3)22-17(15)18(25)20-13-6-7-13/h4-5,8,13H,6-7,9-10H2,1-3H3,(H,20,25)(H,21,26). The molecule has 0 saturated heterocycles. The molecule has 1 aliphatic heterocycles. The molecular formula is C19H23N5O2. The number of aromatic nitrogens is 2. The summed E-state index contributed by atoms with van der Waals surface area (Å²) in [6.45, 7) is 4.91. The third kappa shape index (κ3) is 3.05. The van der Waals surface area contributed by atoms with Crippen LogP contribution in [0.15, 0.2) is 18.2 Å². The van der Waals surface area contributed by atoms with Crippen LogP contribution in [0.5, 0.6) is 0 Å². The van der Waals surface area contributed by atoms with Crippen LogP contribution in [0.1, 0.15) is 45.7 Å². The number of aryl methyl sites for hydroxylation is 3. The Kier molecular flexibility index (Phi) is 3.94. The fraction of sp³-hybridized carbons (Fsp3) is 0.421. The number of nitrogens with one attached hydrogen (secondary N) is 2. The summed E-state index contributed by atoms with van der Waals surface area (Å²) in [6, 6.07) is 5.98. The SMILES string of the molecule is Cc1ccc(NC(=O)N2Cc3c(C(=O)NC4CC4)nn(C)c3C2)cc1C. The molecule has 1 aromatic heterocycles. The molecule has 0 bridgehead atoms. The molecule has 136 valence electrons. The Hall–Kier alpha value is -2.83. The molecule has 2 aliphatic rings. The highest BCUT2D eigenvalue weighted by atomic mass is 16.2. The number of carbonyl (C=O) groups excluding carboxylic acids is 2. The van der Waals surface area contributed by atoms with E-state index < -0.39 is 0 Å². The minimum absolute atomic E-state index is 0.138. The number of rotatable bonds is 3. The van der Waals surface area contributed by atoms with Crippen molar-refractivity contribution in [2.75, 3.05) is 5.32 Å². The van der Waals surface area contributed by atoms with E-state index in [1.165, 1.54) is 5.56 Å². The molecule has 26 heavy (non-hydrogen) atoms. The number of benzene rings is 1. The predicted octanol–water partition coefficient (Wildman–Crippen LogP) is 2.48. The van der Waals surface area contributed by atoms with Crippen LogP contribution < -0.4 is 10.6 Å². The number of hydrogen-bond acceptors (Lipinski definition) is 3. The summed E-state index contributed by atoms with van der Waals surface area (Å²) in [7, 11) is 1.82. The quantitative estimate of drug-likeness (QED) is 0.890. The molecule has 7 nitrogen and oxygen atoms in total. The van der Waals surface area contributed by atoms with Gasteiger partial charge in [-0.15, -0.1) is 0 Å². The lowest BCUT2D eigenvalue weighted by atomic mass is 10.1. The molecule has 1 aliphatic carbocycles. The van der Waals surface area contributed by atoms with Gasteiger partial charge in [-0.05, 0) is 49.9 Å². The van der Waals surface area contributed by atoms with Gasteiger partial charge in [-0.2, -0.15) is 5.10 Å². The molecule has 1 aromatic carbocycles. The molecule has 1 fully saturated rings. The summed E-state index contributed by atoms with van der Waals surface area (Å²) >= 11 is 0. The topological polar surface area (TPSA) is 79.3 Å². The number of fused-ring (bicyclic) bond motifs is 1. The maximum Gasteiger partial charge on any atom is 0.322 e. The first-order valence-corrected chi connectivity index (χ1v) is 8.91. The zero-order valence-corrected chi connectivity index (χ0v) is 15.3. The molecule has 0 unspecified atom stereocenters. The van der Waals surface area contributed by atoms with E-state index in [0.717, 1.165) is 35.3 Å². The summed E-state index contributed by atoms with van der Waals surface area (Å²) in [5.74, 6) is -0.138. The van der Waals surface area contributed by atoms with Crippen molar-refractivity contribution in [3.63, 3.8) is 0 Å². The van der Waals surface area contributed by atoms with Crippen molar-refractivity contribution in [3.05, 3.63) is 46.3 Å². The first kappa shape index (κ1) is 16.6. The number of hydrogen-bond donors (Lipinski definition) is 2. The Balaban J connectivity index is 1.48. The van der Waals surface area contributed by atoms with E-state index in [1.807, 2.05) is 39.1 Å². The van der Waals surface area contributed by atoms with Gasteiger partial charge in [0.2, 0.25) is 0 Å². The normalized spacial score (nSPS) is 15.7. The molecule has 3 amide bonds. The number of urea groups is 1. The largest absolute Gasteiger partial charge is 0.348 e. The monoisotopic (exact) mass is 353 g/mol. The van der Waals surface area contributed by atoms with Crippen LogP contribution >= 0.6 is 0 Å². The summed E-state index contributed by atoms with van der Waals surface area (Å²) < 4.78 is 1.71. The number of carbonyl (C=O) groups is 2. The Morgan fingerprint density at radius 2 is 1.92 bits per heavy atom. The highest BCUT2D eigenvalue weighted by Crippen LogP contribution is 2.27. The van der Waals surface area contributed by atoms with E-state index >= 15 is 0 Å². The molecule has 2 heterocycles.